The highest BCUT2D eigenvalue weighted by Crippen LogP contribution is 2.22. The summed E-state index contributed by atoms with van der Waals surface area (Å²) in [6.07, 6.45) is -4.30. The highest BCUT2D eigenvalue weighted by molar-refractivity contribution is 5.78. The molecular weight excluding hydrogens is 249 g/mol. The number of nitrogens with zero attached hydrogens (tertiary/aromatic N) is 4. The van der Waals surface area contributed by atoms with E-state index in [2.05, 4.69) is 5.10 Å². The SMILES string of the molecule is N#Cc1nn(CCC(F)(F)F)c2c1ccc[n+]2[O-]. The zero-order valence-corrected chi connectivity index (χ0v) is 8.98. The van der Waals surface area contributed by atoms with Crippen LogP contribution >= 0.6 is 0 Å². The molecule has 0 atom stereocenters. The fraction of sp³-hybridized carbons (Fsp3) is 0.300. The smallest absolute Gasteiger partial charge is 0.392 e. The molecule has 0 saturated heterocycles. The molecule has 2 aromatic heterocycles. The van der Waals surface area contributed by atoms with Gasteiger partial charge in [0.25, 0.3) is 0 Å². The van der Waals surface area contributed by atoms with Crippen LogP contribution < -0.4 is 4.73 Å². The molecule has 0 N–H and O–H groups in total. The predicted octanol–water partition coefficient (Wildman–Crippen LogP) is 1.49. The van der Waals surface area contributed by atoms with Gasteiger partial charge in [-0.1, -0.05) is 5.10 Å². The van der Waals surface area contributed by atoms with Gasteiger partial charge in [0, 0.05) is 0 Å². The van der Waals surface area contributed by atoms with E-state index in [9.17, 15) is 18.4 Å². The number of alkyl halides is 3. The van der Waals surface area contributed by atoms with Crippen molar-refractivity contribution in [2.75, 3.05) is 0 Å². The van der Waals surface area contributed by atoms with Crippen molar-refractivity contribution in [3.8, 4) is 6.07 Å². The summed E-state index contributed by atoms with van der Waals surface area (Å²) in [6, 6.07) is 4.63. The van der Waals surface area contributed by atoms with Crippen molar-refractivity contribution in [2.45, 2.75) is 19.1 Å². The number of hydrogen-bond donors (Lipinski definition) is 0. The third-order valence-electron chi connectivity index (χ3n) is 2.37. The number of fused-ring (bicyclic) bond motifs is 1. The van der Waals surface area contributed by atoms with E-state index in [-0.39, 0.29) is 16.7 Å². The van der Waals surface area contributed by atoms with Gasteiger partial charge < -0.3 is 5.21 Å². The maximum atomic E-state index is 12.1. The lowest BCUT2D eigenvalue weighted by atomic mass is 10.3. The van der Waals surface area contributed by atoms with Crippen LogP contribution in [0.25, 0.3) is 11.0 Å². The number of aryl methyl sites for hydroxylation is 1. The van der Waals surface area contributed by atoms with Gasteiger partial charge in [-0.25, -0.2) is 4.73 Å². The molecule has 18 heavy (non-hydrogen) atoms. The first-order chi connectivity index (χ1) is 8.42. The molecule has 0 unspecified atom stereocenters. The van der Waals surface area contributed by atoms with Crippen LogP contribution in [0.3, 0.4) is 0 Å². The van der Waals surface area contributed by atoms with E-state index in [1.54, 1.807) is 6.07 Å². The van der Waals surface area contributed by atoms with Crippen LogP contribution in [-0.4, -0.2) is 16.0 Å². The minimum Gasteiger partial charge on any atom is -0.711 e. The molecule has 2 aromatic rings. The first-order valence-electron chi connectivity index (χ1n) is 4.98. The van der Waals surface area contributed by atoms with Crippen molar-refractivity contribution in [1.82, 2.24) is 9.78 Å². The molecule has 0 fully saturated rings. The average molecular weight is 256 g/mol. The summed E-state index contributed by atoms with van der Waals surface area (Å²) in [4.78, 5) is 0. The zero-order chi connectivity index (χ0) is 13.3. The summed E-state index contributed by atoms with van der Waals surface area (Å²) in [6.45, 7) is -0.492. The zero-order valence-electron chi connectivity index (χ0n) is 8.98. The molecule has 94 valence electrons. The van der Waals surface area contributed by atoms with Gasteiger partial charge in [0.1, 0.15) is 18.0 Å². The molecule has 8 heteroatoms. The van der Waals surface area contributed by atoms with Crippen LogP contribution in [0.4, 0.5) is 13.2 Å². The lowest BCUT2D eigenvalue weighted by molar-refractivity contribution is -0.580. The lowest BCUT2D eigenvalue weighted by Gasteiger charge is -2.05. The first kappa shape index (κ1) is 12.2. The fourth-order valence-corrected chi connectivity index (χ4v) is 1.61. The normalized spacial score (nSPS) is 11.7. The summed E-state index contributed by atoms with van der Waals surface area (Å²) < 4.78 is 37.7. The first-order valence-corrected chi connectivity index (χ1v) is 4.98. The molecule has 0 saturated carbocycles. The molecule has 2 heterocycles. The second-order valence-electron chi connectivity index (χ2n) is 3.62. The second kappa shape index (κ2) is 4.18. The van der Waals surface area contributed by atoms with Gasteiger partial charge in [-0.05, 0) is 12.1 Å². The molecule has 2 rings (SSSR count). The van der Waals surface area contributed by atoms with Crippen LogP contribution in [0.2, 0.25) is 0 Å². The quantitative estimate of drug-likeness (QED) is 0.604. The number of halogens is 3. The molecule has 0 radical (unpaired) electrons. The van der Waals surface area contributed by atoms with Gasteiger partial charge in [-0.2, -0.15) is 18.4 Å². The van der Waals surface area contributed by atoms with Crippen LogP contribution in [0.1, 0.15) is 12.1 Å². The van der Waals surface area contributed by atoms with Crippen molar-refractivity contribution in [3.05, 3.63) is 29.2 Å². The standard InChI is InChI=1S/C10H7F3N4O/c11-10(12,13)3-5-16-9-7(8(6-14)15-16)2-1-4-17(9)18/h1-2,4H,3,5H2. The Balaban J connectivity index is 2.48. The molecule has 0 amide bonds. The van der Waals surface area contributed by atoms with Gasteiger partial charge in [-0.15, -0.1) is 4.68 Å². The van der Waals surface area contributed by atoms with Crippen molar-refractivity contribution >= 4 is 11.0 Å². The maximum Gasteiger partial charge on any atom is 0.392 e. The van der Waals surface area contributed by atoms with Crippen LogP contribution in [0, 0.1) is 16.5 Å². The number of rotatable bonds is 2. The predicted molar refractivity (Wildman–Crippen MR) is 54.1 cm³/mol. The summed E-state index contributed by atoms with van der Waals surface area (Å²) in [7, 11) is 0. The molecule has 5 nitrogen and oxygen atoms in total. The molecule has 0 aliphatic heterocycles. The van der Waals surface area contributed by atoms with Gasteiger partial charge in [0.2, 0.25) is 0 Å². The molecule has 0 bridgehead atoms. The highest BCUT2D eigenvalue weighted by atomic mass is 19.4. The van der Waals surface area contributed by atoms with Crippen molar-refractivity contribution in [2.24, 2.45) is 0 Å². The van der Waals surface area contributed by atoms with E-state index in [1.165, 1.54) is 12.1 Å². The Bertz CT molecular complexity index is 626. The summed E-state index contributed by atoms with van der Waals surface area (Å²) >= 11 is 0. The van der Waals surface area contributed by atoms with Gasteiger partial charge in [0.05, 0.1) is 12.6 Å². The van der Waals surface area contributed by atoms with Crippen molar-refractivity contribution < 1.29 is 17.9 Å². The Morgan fingerprint density at radius 3 is 2.83 bits per heavy atom. The molecule has 0 aliphatic rings. The van der Waals surface area contributed by atoms with E-state index < -0.39 is 19.1 Å². The van der Waals surface area contributed by atoms with E-state index >= 15 is 0 Å². The lowest BCUT2D eigenvalue weighted by Crippen LogP contribution is -2.29. The summed E-state index contributed by atoms with van der Waals surface area (Å²) in [5.41, 5.74) is -0.101. The second-order valence-corrected chi connectivity index (χ2v) is 3.62. The van der Waals surface area contributed by atoms with E-state index in [0.29, 0.717) is 4.73 Å². The third-order valence-corrected chi connectivity index (χ3v) is 2.37. The van der Waals surface area contributed by atoms with Crippen molar-refractivity contribution in [3.63, 3.8) is 0 Å². The van der Waals surface area contributed by atoms with E-state index in [0.717, 1.165) is 10.9 Å². The Kier molecular flexibility index (Phi) is 2.82. The summed E-state index contributed by atoms with van der Waals surface area (Å²) in [5, 5.41) is 24.3. The maximum absolute atomic E-state index is 12.1. The number of aromatic nitrogens is 3. The highest BCUT2D eigenvalue weighted by Gasteiger charge is 2.30. The molecular formula is C10H7F3N4O. The average Bonchev–Trinajstić information content (AvgIpc) is 2.65. The molecule has 0 aliphatic carbocycles. The van der Waals surface area contributed by atoms with Gasteiger partial charge in [-0.3, -0.25) is 0 Å². The summed E-state index contributed by atoms with van der Waals surface area (Å²) in [5.74, 6) is 0. The van der Waals surface area contributed by atoms with Gasteiger partial charge >= 0.3 is 11.8 Å². The minimum absolute atomic E-state index is 0.0432. The molecule has 0 aromatic carbocycles. The Hall–Kier alpha value is -2.30. The van der Waals surface area contributed by atoms with Crippen molar-refractivity contribution in [1.29, 1.82) is 5.26 Å². The van der Waals surface area contributed by atoms with E-state index in [1.807, 2.05) is 0 Å². The third kappa shape index (κ3) is 2.20. The van der Waals surface area contributed by atoms with E-state index in [4.69, 9.17) is 5.26 Å². The topological polar surface area (TPSA) is 68.5 Å². The van der Waals surface area contributed by atoms with Crippen LogP contribution in [0.15, 0.2) is 18.3 Å². The monoisotopic (exact) mass is 256 g/mol. The number of hydrogen-bond acceptors (Lipinski definition) is 3. The van der Waals surface area contributed by atoms with Gasteiger partial charge in [0.15, 0.2) is 5.69 Å². The Morgan fingerprint density at radius 2 is 2.22 bits per heavy atom. The Morgan fingerprint density at radius 1 is 1.50 bits per heavy atom. The largest absolute Gasteiger partial charge is 0.711 e. The van der Waals surface area contributed by atoms with Crippen LogP contribution in [-0.2, 0) is 6.54 Å². The van der Waals surface area contributed by atoms with Crippen LogP contribution in [0.5, 0.6) is 0 Å². The number of pyridine rings is 1. The number of nitriles is 1. The Labute approximate surface area is 99.2 Å². The fourth-order valence-electron chi connectivity index (χ4n) is 1.61. The molecule has 0 spiro atoms. The minimum atomic E-state index is -4.34.